The van der Waals surface area contributed by atoms with E-state index < -0.39 is 0 Å². The van der Waals surface area contributed by atoms with Gasteiger partial charge in [0.15, 0.2) is 0 Å². The van der Waals surface area contributed by atoms with Crippen molar-refractivity contribution < 1.29 is 4.79 Å². The molecule has 0 aliphatic heterocycles. The maximum absolute atomic E-state index is 13.2. The fourth-order valence-electron chi connectivity index (χ4n) is 3.85. The summed E-state index contributed by atoms with van der Waals surface area (Å²) in [6.07, 6.45) is 8.22. The zero-order valence-electron chi connectivity index (χ0n) is 16.1. The van der Waals surface area contributed by atoms with Crippen molar-refractivity contribution in [2.75, 3.05) is 0 Å². The Morgan fingerprint density at radius 3 is 2.57 bits per heavy atom. The van der Waals surface area contributed by atoms with Crippen molar-refractivity contribution in [2.45, 2.75) is 51.1 Å². The first kappa shape index (κ1) is 17.2. The van der Waals surface area contributed by atoms with Crippen molar-refractivity contribution in [3.05, 3.63) is 71.3 Å². The highest BCUT2D eigenvalue weighted by Crippen LogP contribution is 2.44. The topological polar surface area (TPSA) is 61.9 Å². The molecule has 1 aromatic carbocycles. The van der Waals surface area contributed by atoms with Gasteiger partial charge in [0.25, 0.3) is 5.91 Å². The fraction of sp³-hybridized carbons (Fsp3) is 0.348. The van der Waals surface area contributed by atoms with Crippen LogP contribution in [0.2, 0.25) is 0 Å². The second-order valence-electron chi connectivity index (χ2n) is 7.99. The molecule has 0 saturated heterocycles. The number of amides is 1. The van der Waals surface area contributed by atoms with Crippen LogP contribution in [0.5, 0.6) is 0 Å². The van der Waals surface area contributed by atoms with Crippen molar-refractivity contribution in [3.8, 4) is 11.1 Å². The number of carbonyl (C=O) groups excluding carboxylic acids is 1. The third-order valence-corrected chi connectivity index (χ3v) is 5.68. The Kier molecular flexibility index (Phi) is 4.23. The molecule has 2 aromatic heterocycles. The smallest absolute Gasteiger partial charge is 0.254 e. The minimum Gasteiger partial charge on any atom is -0.331 e. The largest absolute Gasteiger partial charge is 0.331 e. The highest BCUT2D eigenvalue weighted by Gasteiger charge is 2.33. The SMILES string of the molecule is Cc1[nH]nc(C2CC2)c1-c1ccc(C(=O)N(Cc2cccnc2)C2CC2)cc1. The van der Waals surface area contributed by atoms with Crippen LogP contribution in [0.25, 0.3) is 11.1 Å². The summed E-state index contributed by atoms with van der Waals surface area (Å²) in [5.41, 5.74) is 6.42. The van der Waals surface area contributed by atoms with Crippen LogP contribution in [0.4, 0.5) is 0 Å². The molecule has 1 amide bonds. The Balaban J connectivity index is 1.39. The van der Waals surface area contributed by atoms with Crippen molar-refractivity contribution in [1.29, 1.82) is 0 Å². The predicted octanol–water partition coefficient (Wildman–Crippen LogP) is 4.46. The molecule has 5 nitrogen and oxygen atoms in total. The molecule has 2 heterocycles. The van der Waals surface area contributed by atoms with Crippen molar-refractivity contribution in [2.24, 2.45) is 0 Å². The van der Waals surface area contributed by atoms with E-state index >= 15 is 0 Å². The Hall–Kier alpha value is -2.95. The summed E-state index contributed by atoms with van der Waals surface area (Å²) in [6, 6.07) is 12.3. The molecular weight excluding hydrogens is 348 g/mol. The van der Waals surface area contributed by atoms with Gasteiger partial charge in [0.2, 0.25) is 0 Å². The summed E-state index contributed by atoms with van der Waals surface area (Å²) in [6.45, 7) is 2.68. The summed E-state index contributed by atoms with van der Waals surface area (Å²) in [5.74, 6) is 0.690. The van der Waals surface area contributed by atoms with E-state index in [1.165, 1.54) is 24.1 Å². The summed E-state index contributed by atoms with van der Waals surface area (Å²) < 4.78 is 0. The van der Waals surface area contributed by atoms with Gasteiger partial charge in [0.05, 0.1) is 5.69 Å². The molecule has 2 saturated carbocycles. The van der Waals surface area contributed by atoms with Crippen LogP contribution in [-0.4, -0.2) is 32.0 Å². The van der Waals surface area contributed by atoms with Crippen LogP contribution in [0.3, 0.4) is 0 Å². The van der Waals surface area contributed by atoms with E-state index in [0.717, 1.165) is 35.2 Å². The van der Waals surface area contributed by atoms with Gasteiger partial charge in [-0.05, 0) is 61.9 Å². The third kappa shape index (κ3) is 3.33. The van der Waals surface area contributed by atoms with Crippen LogP contribution in [0.1, 0.15) is 58.9 Å². The third-order valence-electron chi connectivity index (χ3n) is 5.68. The number of nitrogens with one attached hydrogen (secondary N) is 1. The van der Waals surface area contributed by atoms with Gasteiger partial charge in [-0.2, -0.15) is 5.10 Å². The number of aryl methyl sites for hydroxylation is 1. The average molecular weight is 372 g/mol. The van der Waals surface area contributed by atoms with E-state index in [2.05, 4.69) is 34.2 Å². The molecule has 3 aromatic rings. The maximum Gasteiger partial charge on any atom is 0.254 e. The first-order valence-corrected chi connectivity index (χ1v) is 10.1. The Bertz CT molecular complexity index is 985. The molecule has 2 aliphatic rings. The lowest BCUT2D eigenvalue weighted by Gasteiger charge is -2.22. The molecular formula is C23H24N4O. The van der Waals surface area contributed by atoms with E-state index in [1.54, 1.807) is 6.20 Å². The van der Waals surface area contributed by atoms with E-state index in [-0.39, 0.29) is 5.91 Å². The number of aromatic nitrogens is 3. The van der Waals surface area contributed by atoms with E-state index in [9.17, 15) is 4.79 Å². The van der Waals surface area contributed by atoms with Crippen molar-refractivity contribution >= 4 is 5.91 Å². The molecule has 28 heavy (non-hydrogen) atoms. The lowest BCUT2D eigenvalue weighted by atomic mass is 9.99. The quantitative estimate of drug-likeness (QED) is 0.695. The van der Waals surface area contributed by atoms with E-state index in [4.69, 9.17) is 0 Å². The Morgan fingerprint density at radius 1 is 1.14 bits per heavy atom. The van der Waals surface area contributed by atoms with Crippen LogP contribution in [-0.2, 0) is 6.54 Å². The molecule has 0 spiro atoms. The standard InChI is InChI=1S/C23H24N4O/c1-15-21(22(26-25-15)18-6-7-18)17-4-8-19(9-5-17)23(28)27(20-10-11-20)14-16-3-2-12-24-13-16/h2-5,8-9,12-13,18,20H,6-7,10-11,14H2,1H3,(H,25,26). The predicted molar refractivity (Wildman–Crippen MR) is 108 cm³/mol. The molecule has 0 radical (unpaired) electrons. The van der Waals surface area contributed by atoms with Crippen molar-refractivity contribution in [3.63, 3.8) is 0 Å². The summed E-state index contributed by atoms with van der Waals surface area (Å²) >= 11 is 0. The maximum atomic E-state index is 13.2. The van der Waals surface area contributed by atoms with Crippen molar-refractivity contribution in [1.82, 2.24) is 20.1 Å². The van der Waals surface area contributed by atoms with Gasteiger partial charge in [-0.25, -0.2) is 0 Å². The number of H-pyrrole nitrogens is 1. The van der Waals surface area contributed by atoms with Gasteiger partial charge >= 0.3 is 0 Å². The number of pyridine rings is 1. The molecule has 142 valence electrons. The van der Waals surface area contributed by atoms with E-state index in [1.807, 2.05) is 35.4 Å². The van der Waals surface area contributed by atoms with Gasteiger partial charge in [0, 0.05) is 47.7 Å². The normalized spacial score (nSPS) is 16.2. The second-order valence-corrected chi connectivity index (χ2v) is 7.99. The number of hydrogen-bond acceptors (Lipinski definition) is 3. The number of aromatic amines is 1. The van der Waals surface area contributed by atoms with Gasteiger partial charge in [-0.3, -0.25) is 14.9 Å². The van der Waals surface area contributed by atoms with Gasteiger partial charge in [0.1, 0.15) is 0 Å². The lowest BCUT2D eigenvalue weighted by molar-refractivity contribution is 0.0730. The highest BCUT2D eigenvalue weighted by atomic mass is 16.2. The molecule has 5 rings (SSSR count). The van der Waals surface area contributed by atoms with Crippen LogP contribution in [0.15, 0.2) is 48.8 Å². The van der Waals surface area contributed by atoms with Crippen LogP contribution < -0.4 is 0 Å². The molecule has 2 fully saturated rings. The molecule has 5 heteroatoms. The Labute approximate surface area is 164 Å². The van der Waals surface area contributed by atoms with E-state index in [0.29, 0.717) is 18.5 Å². The highest BCUT2D eigenvalue weighted by molar-refractivity contribution is 5.95. The summed E-state index contributed by atoms with van der Waals surface area (Å²) in [4.78, 5) is 19.3. The zero-order valence-corrected chi connectivity index (χ0v) is 16.1. The number of nitrogens with zero attached hydrogens (tertiary/aromatic N) is 3. The molecule has 0 atom stereocenters. The first-order chi connectivity index (χ1) is 13.7. The number of hydrogen-bond donors (Lipinski definition) is 1. The number of benzene rings is 1. The molecule has 1 N–H and O–H groups in total. The minimum atomic E-state index is 0.101. The van der Waals surface area contributed by atoms with Gasteiger partial charge < -0.3 is 4.90 Å². The fourth-order valence-corrected chi connectivity index (χ4v) is 3.85. The Morgan fingerprint density at radius 2 is 1.93 bits per heavy atom. The molecule has 2 aliphatic carbocycles. The number of carbonyl (C=O) groups is 1. The zero-order chi connectivity index (χ0) is 19.1. The summed E-state index contributed by atoms with van der Waals surface area (Å²) in [5, 5.41) is 7.64. The molecule has 0 bridgehead atoms. The van der Waals surface area contributed by atoms with Crippen LogP contribution in [0, 0.1) is 6.92 Å². The lowest BCUT2D eigenvalue weighted by Crippen LogP contribution is -2.32. The first-order valence-electron chi connectivity index (χ1n) is 10.1. The van der Waals surface area contributed by atoms with Gasteiger partial charge in [-0.1, -0.05) is 18.2 Å². The number of rotatable bonds is 6. The van der Waals surface area contributed by atoms with Crippen LogP contribution >= 0.6 is 0 Å². The minimum absolute atomic E-state index is 0.101. The average Bonchev–Trinajstić information content (AvgIpc) is 3.65. The monoisotopic (exact) mass is 372 g/mol. The molecule has 0 unspecified atom stereocenters. The second kappa shape index (κ2) is 6.89. The summed E-state index contributed by atoms with van der Waals surface area (Å²) in [7, 11) is 0. The van der Waals surface area contributed by atoms with Gasteiger partial charge in [-0.15, -0.1) is 0 Å².